The molecule has 34 heavy (non-hydrogen) atoms. The molecular formula is C23H18N4O6S. The third-order valence-corrected chi connectivity index (χ3v) is 4.93. The second kappa shape index (κ2) is 9.55. The van der Waals surface area contributed by atoms with E-state index in [1.54, 1.807) is 31.2 Å². The lowest BCUT2D eigenvalue weighted by molar-refractivity contribution is -0.385. The number of aromatic hydroxyl groups is 1. The van der Waals surface area contributed by atoms with Gasteiger partial charge in [-0.2, -0.15) is 0 Å². The van der Waals surface area contributed by atoms with E-state index in [4.69, 9.17) is 21.4 Å². The number of anilines is 1. The summed E-state index contributed by atoms with van der Waals surface area (Å²) in [6, 6.07) is 15.6. The number of hydrogen-bond donors (Lipinski definition) is 3. The van der Waals surface area contributed by atoms with E-state index in [1.165, 1.54) is 18.2 Å². The highest BCUT2D eigenvalue weighted by molar-refractivity contribution is 7.80. The molecule has 1 amide bonds. The maximum Gasteiger partial charge on any atom is 0.311 e. The Balaban J connectivity index is 1.50. The normalized spacial score (nSPS) is 10.6. The molecule has 0 bridgehead atoms. The van der Waals surface area contributed by atoms with Crippen LogP contribution in [-0.4, -0.2) is 32.6 Å². The van der Waals surface area contributed by atoms with Gasteiger partial charge < -0.3 is 19.6 Å². The number of rotatable bonds is 6. The highest BCUT2D eigenvalue weighted by atomic mass is 32.1. The number of phenolic OH excluding ortho intramolecular Hbond substituents is 1. The Morgan fingerprint density at radius 2 is 2.00 bits per heavy atom. The number of nitrogens with zero attached hydrogens (tertiary/aromatic N) is 2. The summed E-state index contributed by atoms with van der Waals surface area (Å²) in [7, 11) is 0. The van der Waals surface area contributed by atoms with E-state index < -0.39 is 10.8 Å². The molecule has 0 saturated carbocycles. The number of thiocarbonyl (C=S) groups is 1. The fourth-order valence-corrected chi connectivity index (χ4v) is 3.40. The number of oxazole rings is 1. The largest absolute Gasteiger partial charge is 0.507 e. The van der Waals surface area contributed by atoms with Crippen LogP contribution in [0.3, 0.4) is 0 Å². The van der Waals surface area contributed by atoms with E-state index in [9.17, 15) is 20.0 Å². The number of aromatic nitrogens is 1. The van der Waals surface area contributed by atoms with Crippen molar-refractivity contribution in [3.63, 3.8) is 0 Å². The highest BCUT2D eigenvalue weighted by Gasteiger charge is 2.19. The molecule has 1 heterocycles. The first-order valence-electron chi connectivity index (χ1n) is 10.1. The van der Waals surface area contributed by atoms with Crippen molar-refractivity contribution in [1.82, 2.24) is 10.3 Å². The van der Waals surface area contributed by atoms with Gasteiger partial charge in [0.1, 0.15) is 11.3 Å². The summed E-state index contributed by atoms with van der Waals surface area (Å²) in [5, 5.41) is 26.8. The third kappa shape index (κ3) is 4.79. The van der Waals surface area contributed by atoms with Crippen molar-refractivity contribution < 1.29 is 24.0 Å². The van der Waals surface area contributed by atoms with Gasteiger partial charge in [-0.25, -0.2) is 4.98 Å². The number of fused-ring (bicyclic) bond motifs is 1. The first-order chi connectivity index (χ1) is 16.4. The van der Waals surface area contributed by atoms with E-state index >= 15 is 0 Å². The van der Waals surface area contributed by atoms with E-state index in [0.717, 1.165) is 6.07 Å². The van der Waals surface area contributed by atoms with Gasteiger partial charge in [0.05, 0.1) is 17.1 Å². The summed E-state index contributed by atoms with van der Waals surface area (Å²) in [6.07, 6.45) is 0. The molecule has 0 aliphatic carbocycles. The number of nitro groups is 1. The Bertz CT molecular complexity index is 1380. The van der Waals surface area contributed by atoms with Crippen molar-refractivity contribution in [2.75, 3.05) is 11.9 Å². The lowest BCUT2D eigenvalue weighted by Crippen LogP contribution is -2.34. The lowest BCUT2D eigenvalue weighted by atomic mass is 10.1. The topological polar surface area (TPSA) is 140 Å². The maximum absolute atomic E-state index is 12.6. The van der Waals surface area contributed by atoms with Gasteiger partial charge >= 0.3 is 5.69 Å². The summed E-state index contributed by atoms with van der Waals surface area (Å²) >= 11 is 5.21. The molecule has 0 saturated heterocycles. The maximum atomic E-state index is 12.6. The number of benzene rings is 3. The Hall–Kier alpha value is -4.51. The van der Waals surface area contributed by atoms with E-state index in [0.29, 0.717) is 22.4 Å². The van der Waals surface area contributed by atoms with Gasteiger partial charge in [-0.1, -0.05) is 12.1 Å². The minimum atomic E-state index is -0.637. The first-order valence-corrected chi connectivity index (χ1v) is 10.5. The molecular weight excluding hydrogens is 460 g/mol. The van der Waals surface area contributed by atoms with Gasteiger partial charge in [0, 0.05) is 17.3 Å². The molecule has 4 rings (SSSR count). The standard InChI is InChI=1S/C23H18N4O6S/c1-2-32-20-10-7-13(11-17(20)27(30)31)21(29)26-23(34)24-14-8-9-18(28)15(12-14)22-25-16-5-3-4-6-19(16)33-22/h3-12,28H,2H2,1H3,(H2,24,26,29,34). The number of ether oxygens (including phenoxy) is 1. The van der Waals surface area contributed by atoms with Crippen LogP contribution in [0, 0.1) is 10.1 Å². The number of hydrogen-bond acceptors (Lipinski definition) is 8. The number of nitro benzene ring substituents is 1. The average molecular weight is 478 g/mol. The van der Waals surface area contributed by atoms with Crippen molar-refractivity contribution >= 4 is 45.7 Å². The van der Waals surface area contributed by atoms with Gasteiger partial charge in [0.25, 0.3) is 5.91 Å². The van der Waals surface area contributed by atoms with Gasteiger partial charge in [-0.05, 0) is 61.6 Å². The van der Waals surface area contributed by atoms with Crippen LogP contribution in [0.15, 0.2) is 65.1 Å². The molecule has 4 aromatic rings. The number of phenols is 1. The smallest absolute Gasteiger partial charge is 0.311 e. The first kappa shape index (κ1) is 22.7. The van der Waals surface area contributed by atoms with Crippen LogP contribution in [0.5, 0.6) is 11.5 Å². The fraction of sp³-hybridized carbons (Fsp3) is 0.0870. The number of para-hydroxylation sites is 2. The summed E-state index contributed by atoms with van der Waals surface area (Å²) < 4.78 is 10.9. The number of carbonyl (C=O) groups excluding carboxylic acids is 1. The van der Waals surface area contributed by atoms with E-state index in [2.05, 4.69) is 15.6 Å². The Morgan fingerprint density at radius 1 is 1.21 bits per heavy atom. The monoisotopic (exact) mass is 478 g/mol. The minimum absolute atomic E-state index is 0.0390. The molecule has 0 spiro atoms. The number of carbonyl (C=O) groups is 1. The van der Waals surface area contributed by atoms with E-state index in [1.807, 2.05) is 12.1 Å². The lowest BCUT2D eigenvalue weighted by Gasteiger charge is -2.11. The zero-order valence-electron chi connectivity index (χ0n) is 17.8. The fourth-order valence-electron chi connectivity index (χ4n) is 3.19. The zero-order chi connectivity index (χ0) is 24.2. The zero-order valence-corrected chi connectivity index (χ0v) is 18.6. The molecule has 0 atom stereocenters. The van der Waals surface area contributed by atoms with Crippen molar-refractivity contribution in [2.24, 2.45) is 0 Å². The van der Waals surface area contributed by atoms with Crippen LogP contribution in [0.4, 0.5) is 11.4 Å². The predicted molar refractivity (Wildman–Crippen MR) is 129 cm³/mol. The van der Waals surface area contributed by atoms with Crippen molar-refractivity contribution in [3.05, 3.63) is 76.3 Å². The molecule has 11 heteroatoms. The minimum Gasteiger partial charge on any atom is -0.507 e. The van der Waals surface area contributed by atoms with Gasteiger partial charge in [0.15, 0.2) is 16.4 Å². The highest BCUT2D eigenvalue weighted by Crippen LogP contribution is 2.33. The Kier molecular flexibility index (Phi) is 6.37. The van der Waals surface area contributed by atoms with Gasteiger partial charge in [-0.15, -0.1) is 0 Å². The molecule has 0 aliphatic rings. The summed E-state index contributed by atoms with van der Waals surface area (Å²) in [4.78, 5) is 27.6. The number of nitrogens with one attached hydrogen (secondary N) is 2. The molecule has 172 valence electrons. The van der Waals surface area contributed by atoms with Crippen LogP contribution in [0.1, 0.15) is 17.3 Å². The third-order valence-electron chi connectivity index (χ3n) is 4.72. The second-order valence-electron chi connectivity index (χ2n) is 7.00. The Labute approximate surface area is 198 Å². The van der Waals surface area contributed by atoms with E-state index in [-0.39, 0.29) is 40.4 Å². The molecule has 0 unspecified atom stereocenters. The molecule has 3 aromatic carbocycles. The Morgan fingerprint density at radius 3 is 2.74 bits per heavy atom. The van der Waals surface area contributed by atoms with Crippen LogP contribution in [-0.2, 0) is 0 Å². The van der Waals surface area contributed by atoms with Gasteiger partial charge in [0.2, 0.25) is 5.89 Å². The molecule has 10 nitrogen and oxygen atoms in total. The average Bonchev–Trinajstić information content (AvgIpc) is 3.24. The predicted octanol–water partition coefficient (Wildman–Crippen LogP) is 4.63. The molecule has 0 aliphatic heterocycles. The number of amides is 1. The summed E-state index contributed by atoms with van der Waals surface area (Å²) in [5.41, 5.74) is 1.72. The summed E-state index contributed by atoms with van der Waals surface area (Å²) in [6.45, 7) is 1.95. The SMILES string of the molecule is CCOc1ccc(C(=O)NC(=S)Nc2ccc(O)c(-c3nc4ccccc4o3)c2)cc1[N+](=O)[O-]. The van der Waals surface area contributed by atoms with Crippen LogP contribution < -0.4 is 15.4 Å². The van der Waals surface area contributed by atoms with Crippen LogP contribution in [0.2, 0.25) is 0 Å². The quantitative estimate of drug-likeness (QED) is 0.156. The van der Waals surface area contributed by atoms with Crippen molar-refractivity contribution in [3.8, 4) is 23.0 Å². The molecule has 1 aromatic heterocycles. The second-order valence-corrected chi connectivity index (χ2v) is 7.41. The molecule has 0 fully saturated rings. The summed E-state index contributed by atoms with van der Waals surface area (Å²) in [5.74, 6) is -0.394. The van der Waals surface area contributed by atoms with Gasteiger partial charge in [-0.3, -0.25) is 20.2 Å². The van der Waals surface area contributed by atoms with Crippen molar-refractivity contribution in [1.29, 1.82) is 0 Å². The molecule has 0 radical (unpaired) electrons. The van der Waals surface area contributed by atoms with Crippen LogP contribution >= 0.6 is 12.2 Å². The molecule has 3 N–H and O–H groups in total. The van der Waals surface area contributed by atoms with Crippen LogP contribution in [0.25, 0.3) is 22.6 Å². The van der Waals surface area contributed by atoms with Crippen molar-refractivity contribution in [2.45, 2.75) is 6.92 Å².